The van der Waals surface area contributed by atoms with Gasteiger partial charge in [-0.1, -0.05) is 25.3 Å². The maximum absolute atomic E-state index is 11.3. The van der Waals surface area contributed by atoms with Crippen LogP contribution in [0.25, 0.3) is 0 Å². The number of hydrogen-bond acceptors (Lipinski definition) is 1. The Morgan fingerprint density at radius 2 is 1.73 bits per heavy atom. The van der Waals surface area contributed by atoms with Crippen LogP contribution in [0.15, 0.2) is 12.2 Å². The van der Waals surface area contributed by atoms with Gasteiger partial charge in [0.2, 0.25) is 0 Å². The van der Waals surface area contributed by atoms with E-state index in [0.29, 0.717) is 6.42 Å². The molecular weight excluding hydrogens is 256 g/mol. The van der Waals surface area contributed by atoms with Crippen LogP contribution in [0.3, 0.4) is 0 Å². The van der Waals surface area contributed by atoms with Crippen molar-refractivity contribution >= 4 is 46.1 Å². The van der Waals surface area contributed by atoms with Crippen LogP contribution < -0.4 is 29.9 Å². The zero-order valence-electron chi connectivity index (χ0n) is 9.77. The summed E-state index contributed by atoms with van der Waals surface area (Å²) in [4.78, 5) is 0. The molecule has 1 nitrogen and oxygen atoms in total. The van der Waals surface area contributed by atoms with Crippen molar-refractivity contribution < 1.29 is 29.9 Å². The molecule has 0 aliphatic carbocycles. The minimum Gasteiger partial charge on any atom is -1.00 e. The molecule has 0 rings (SSSR count). The molecule has 2 atom stereocenters. The monoisotopic (exact) mass is 272 g/mol. The second-order valence-corrected chi connectivity index (χ2v) is 3.20. The van der Waals surface area contributed by atoms with E-state index in [1.807, 2.05) is 13.8 Å². The van der Waals surface area contributed by atoms with Gasteiger partial charge in [-0.05, 0) is 13.3 Å². The molecule has 0 aromatic rings. The van der Waals surface area contributed by atoms with Gasteiger partial charge in [0.05, 0.1) is 0 Å². The van der Waals surface area contributed by atoms with Crippen molar-refractivity contribution in [3.63, 3.8) is 0 Å². The molecule has 5 heteroatoms. The molecule has 0 saturated heterocycles. The van der Waals surface area contributed by atoms with E-state index in [-0.39, 0.29) is 76.8 Å². The van der Waals surface area contributed by atoms with Gasteiger partial charge in [-0.15, -0.1) is 6.58 Å². The average molecular weight is 274 g/mol. The van der Waals surface area contributed by atoms with Gasteiger partial charge in [-0.25, -0.2) is 0 Å². The van der Waals surface area contributed by atoms with E-state index in [4.69, 9.17) is 0 Å². The third-order valence-electron chi connectivity index (χ3n) is 1.91. The summed E-state index contributed by atoms with van der Waals surface area (Å²) < 4.78 is 0. The quantitative estimate of drug-likeness (QED) is 0.280. The summed E-state index contributed by atoms with van der Waals surface area (Å²) in [6, 6.07) is 0. The molecule has 0 amide bonds. The molecule has 0 heterocycles. The molecule has 0 fully saturated rings. The Kier molecular flexibility index (Phi) is 36.5. The fourth-order valence-corrected chi connectivity index (χ4v) is 0.887. The Hall–Kier alpha value is 1.81. The first kappa shape index (κ1) is 30.1. The maximum Gasteiger partial charge on any atom is 2.00 e. The van der Waals surface area contributed by atoms with Crippen molar-refractivity contribution in [2.75, 3.05) is 0 Å². The minimum absolute atomic E-state index is 0. The second kappa shape index (κ2) is 18.2. The van der Waals surface area contributed by atoms with Crippen LogP contribution in [0.5, 0.6) is 0 Å². The van der Waals surface area contributed by atoms with Gasteiger partial charge >= 0.3 is 46.1 Å². The van der Waals surface area contributed by atoms with E-state index in [1.54, 1.807) is 0 Å². The van der Waals surface area contributed by atoms with Crippen molar-refractivity contribution in [2.24, 2.45) is 5.92 Å². The Labute approximate surface area is 139 Å². The third-order valence-corrected chi connectivity index (χ3v) is 1.91. The fourth-order valence-electron chi connectivity index (χ4n) is 0.887. The summed E-state index contributed by atoms with van der Waals surface area (Å²) in [7, 11) is 0. The maximum atomic E-state index is 11.3. The van der Waals surface area contributed by atoms with Crippen molar-refractivity contribution in [3.8, 4) is 0 Å². The molecule has 15 heavy (non-hydrogen) atoms. The Morgan fingerprint density at radius 3 is 2.00 bits per heavy atom. The normalized spacial score (nSPS) is 11.7. The number of rotatable bonds is 5. The van der Waals surface area contributed by atoms with E-state index >= 15 is 0 Å². The largest absolute Gasteiger partial charge is 2.00 e. The predicted molar refractivity (Wildman–Crippen MR) is 58.5 cm³/mol. The van der Waals surface area contributed by atoms with Crippen LogP contribution in [0.1, 0.15) is 33.1 Å². The van der Waals surface area contributed by atoms with E-state index in [1.165, 1.54) is 0 Å². The van der Waals surface area contributed by atoms with E-state index in [9.17, 15) is 5.11 Å². The molecule has 0 N–H and O–H groups in total. The molecule has 0 saturated carbocycles. The molecule has 0 aromatic heterocycles. The molecule has 0 aromatic carbocycles. The number of hydrogen-bond donors (Lipinski definition) is 0. The predicted octanol–water partition coefficient (Wildman–Crippen LogP) is -4.82. The van der Waals surface area contributed by atoms with Crippen molar-refractivity contribution in [3.05, 3.63) is 19.1 Å². The molecule has 0 spiro atoms. The smallest absolute Gasteiger partial charge is 1.00 e. The summed E-state index contributed by atoms with van der Waals surface area (Å²) in [6.45, 7) is 11.5. The van der Waals surface area contributed by atoms with E-state index in [0.717, 1.165) is 18.4 Å². The molecular formula is C10H18Cl2Mg2O. The first-order chi connectivity index (χ1) is 5.07. The van der Waals surface area contributed by atoms with Crippen LogP contribution in [0.4, 0.5) is 0 Å². The van der Waals surface area contributed by atoms with Crippen LogP contribution in [0.2, 0.25) is 0 Å². The summed E-state index contributed by atoms with van der Waals surface area (Å²) in [5.41, 5.74) is 1.09. The zero-order valence-corrected chi connectivity index (χ0v) is 14.1. The van der Waals surface area contributed by atoms with Gasteiger partial charge in [0.1, 0.15) is 0 Å². The Balaban J connectivity index is -0.0000000833. The Bertz CT molecular complexity index is 135. The summed E-state index contributed by atoms with van der Waals surface area (Å²) in [5, 5.41) is 11.3. The van der Waals surface area contributed by atoms with Crippen molar-refractivity contribution in [1.29, 1.82) is 0 Å². The fraction of sp³-hybridized carbons (Fsp3) is 0.700. The van der Waals surface area contributed by atoms with Crippen LogP contribution >= 0.6 is 0 Å². The molecule has 0 bridgehead atoms. The second-order valence-electron chi connectivity index (χ2n) is 3.20. The average Bonchev–Trinajstić information content (AvgIpc) is 1.98. The molecule has 0 radical (unpaired) electrons. The number of halogens is 2. The van der Waals surface area contributed by atoms with Gasteiger partial charge in [-0.3, -0.25) is 0 Å². The SMILES string of the molecule is C=C(C)CC[C@@H]([O-])[C@@H]([CH2-])CC.[Cl-].[Cl-].[Mg+2].[Mg+2]. The van der Waals surface area contributed by atoms with Gasteiger partial charge in [-0.2, -0.15) is 12.0 Å². The summed E-state index contributed by atoms with van der Waals surface area (Å²) in [5.74, 6) is 0.0642. The third kappa shape index (κ3) is 18.4. The minimum atomic E-state index is -0.503. The van der Waals surface area contributed by atoms with Gasteiger partial charge in [0.15, 0.2) is 0 Å². The van der Waals surface area contributed by atoms with E-state index in [2.05, 4.69) is 13.5 Å². The topological polar surface area (TPSA) is 23.1 Å². The van der Waals surface area contributed by atoms with E-state index < -0.39 is 6.10 Å². The van der Waals surface area contributed by atoms with Gasteiger partial charge in [0, 0.05) is 0 Å². The number of allylic oxidation sites excluding steroid dienone is 1. The van der Waals surface area contributed by atoms with Crippen molar-refractivity contribution in [2.45, 2.75) is 39.2 Å². The van der Waals surface area contributed by atoms with Crippen LogP contribution in [-0.4, -0.2) is 52.2 Å². The molecule has 0 aliphatic heterocycles. The standard InChI is InChI=1S/C10H18O.2ClH.2Mg/c1-5-9(4)10(11)7-6-8(2)3;;;;/h9-10H,2,4-7H2,1,3H3;2*1H;;/q-2;;;2*+2/p-2/t9-,10+;;;;/m0..../s1. The summed E-state index contributed by atoms with van der Waals surface area (Å²) in [6.07, 6.45) is 1.92. The van der Waals surface area contributed by atoms with Crippen molar-refractivity contribution in [1.82, 2.24) is 0 Å². The van der Waals surface area contributed by atoms with Gasteiger partial charge < -0.3 is 36.8 Å². The zero-order chi connectivity index (χ0) is 8.85. The first-order valence-electron chi connectivity index (χ1n) is 4.21. The molecule has 0 unspecified atom stereocenters. The summed E-state index contributed by atoms with van der Waals surface area (Å²) >= 11 is 0. The molecule has 82 valence electrons. The molecule has 0 aliphatic rings. The van der Waals surface area contributed by atoms with Crippen LogP contribution in [-0.2, 0) is 0 Å². The van der Waals surface area contributed by atoms with Gasteiger partial charge in [0.25, 0.3) is 0 Å². The van der Waals surface area contributed by atoms with Crippen LogP contribution in [0, 0.1) is 12.8 Å². The Morgan fingerprint density at radius 1 is 1.33 bits per heavy atom. The first-order valence-corrected chi connectivity index (χ1v) is 4.21.